The van der Waals surface area contributed by atoms with Crippen molar-refractivity contribution >= 4 is 22.1 Å². The predicted octanol–water partition coefficient (Wildman–Crippen LogP) is 4.39. The van der Waals surface area contributed by atoms with Crippen LogP contribution >= 0.6 is 11.3 Å². The summed E-state index contributed by atoms with van der Waals surface area (Å²) in [6.45, 7) is 4.18. The minimum absolute atomic E-state index is 0.916. The number of hydrogen-bond acceptors (Lipinski definition) is 3. The molecule has 2 nitrogen and oxygen atoms in total. The lowest BCUT2D eigenvalue weighted by Crippen LogP contribution is -2.12. The second kappa shape index (κ2) is 6.83. The monoisotopic (exact) mass is 296 g/mol. The average Bonchev–Trinajstić information content (AvgIpc) is 2.96. The summed E-state index contributed by atoms with van der Waals surface area (Å²) in [7, 11) is 0. The lowest BCUT2D eigenvalue weighted by Gasteiger charge is -2.04. The minimum Gasteiger partial charge on any atom is -0.312 e. The van der Waals surface area contributed by atoms with Gasteiger partial charge in [0, 0.05) is 24.0 Å². The number of nitrogens with one attached hydrogen (secondary N) is 1. The molecule has 0 aliphatic rings. The molecule has 108 valence electrons. The van der Waals surface area contributed by atoms with Crippen molar-refractivity contribution in [1.29, 1.82) is 0 Å². The molecule has 0 bridgehead atoms. The molecule has 0 saturated carbocycles. The van der Waals surface area contributed by atoms with Gasteiger partial charge in [-0.1, -0.05) is 49.4 Å². The normalized spacial score (nSPS) is 11.1. The van der Waals surface area contributed by atoms with Gasteiger partial charge in [-0.05, 0) is 29.3 Å². The highest BCUT2D eigenvalue weighted by Gasteiger charge is 2.06. The van der Waals surface area contributed by atoms with E-state index in [0.717, 1.165) is 19.5 Å². The van der Waals surface area contributed by atoms with E-state index in [-0.39, 0.29) is 0 Å². The van der Waals surface area contributed by atoms with Crippen LogP contribution in [0, 0.1) is 0 Å². The Morgan fingerprint density at radius 1 is 1.10 bits per heavy atom. The van der Waals surface area contributed by atoms with Crippen molar-refractivity contribution in [2.45, 2.75) is 26.3 Å². The maximum absolute atomic E-state index is 4.58. The number of nitrogens with zero attached hydrogens (tertiary/aromatic N) is 1. The van der Waals surface area contributed by atoms with Crippen LogP contribution in [0.2, 0.25) is 0 Å². The second-order valence-electron chi connectivity index (χ2n) is 5.21. The predicted molar refractivity (Wildman–Crippen MR) is 90.9 cm³/mol. The van der Waals surface area contributed by atoms with Crippen molar-refractivity contribution in [3.05, 3.63) is 64.1 Å². The summed E-state index contributed by atoms with van der Waals surface area (Å²) in [4.78, 5) is 5.89. The van der Waals surface area contributed by atoms with Crippen LogP contribution in [0.3, 0.4) is 0 Å². The van der Waals surface area contributed by atoms with Crippen LogP contribution in [0.15, 0.2) is 48.7 Å². The van der Waals surface area contributed by atoms with E-state index >= 15 is 0 Å². The van der Waals surface area contributed by atoms with Gasteiger partial charge < -0.3 is 5.32 Å². The topological polar surface area (TPSA) is 24.9 Å². The molecule has 1 aromatic heterocycles. The van der Waals surface area contributed by atoms with Gasteiger partial charge in [0.1, 0.15) is 0 Å². The Morgan fingerprint density at radius 2 is 1.95 bits per heavy atom. The molecule has 21 heavy (non-hydrogen) atoms. The minimum atomic E-state index is 0.916. The van der Waals surface area contributed by atoms with Crippen LogP contribution in [-0.2, 0) is 13.0 Å². The van der Waals surface area contributed by atoms with Gasteiger partial charge in [0.05, 0.1) is 5.01 Å². The molecule has 0 amide bonds. The highest BCUT2D eigenvalue weighted by Crippen LogP contribution is 2.23. The van der Waals surface area contributed by atoms with Gasteiger partial charge in [-0.2, -0.15) is 0 Å². The van der Waals surface area contributed by atoms with E-state index in [0.29, 0.717) is 0 Å². The number of hydrogen-bond donors (Lipinski definition) is 1. The Bertz CT molecular complexity index is 713. The molecule has 0 spiro atoms. The summed E-state index contributed by atoms with van der Waals surface area (Å²) in [5, 5.41) is 7.26. The molecule has 0 radical (unpaired) electrons. The van der Waals surface area contributed by atoms with Gasteiger partial charge in [0.2, 0.25) is 0 Å². The highest BCUT2D eigenvalue weighted by atomic mass is 32.1. The number of aromatic nitrogens is 1. The van der Waals surface area contributed by atoms with Crippen molar-refractivity contribution in [2.75, 3.05) is 6.54 Å². The number of benzene rings is 2. The van der Waals surface area contributed by atoms with E-state index in [1.54, 1.807) is 0 Å². The van der Waals surface area contributed by atoms with Crippen molar-refractivity contribution in [2.24, 2.45) is 0 Å². The van der Waals surface area contributed by atoms with Crippen LogP contribution in [0.5, 0.6) is 0 Å². The summed E-state index contributed by atoms with van der Waals surface area (Å²) in [6.07, 6.45) is 4.09. The molecule has 1 N–H and O–H groups in total. The van der Waals surface area contributed by atoms with Crippen molar-refractivity contribution in [3.8, 4) is 0 Å². The molecule has 0 atom stereocenters. The van der Waals surface area contributed by atoms with Crippen LogP contribution in [0.25, 0.3) is 10.8 Å². The first kappa shape index (κ1) is 14.2. The van der Waals surface area contributed by atoms with Gasteiger partial charge in [-0.25, -0.2) is 4.98 Å². The first-order chi connectivity index (χ1) is 10.4. The average molecular weight is 296 g/mol. The molecule has 3 aromatic rings. The molecule has 3 rings (SSSR count). The fourth-order valence-corrected chi connectivity index (χ4v) is 3.42. The zero-order valence-corrected chi connectivity index (χ0v) is 13.1. The molecule has 0 aliphatic carbocycles. The van der Waals surface area contributed by atoms with E-state index in [2.05, 4.69) is 59.7 Å². The third-order valence-corrected chi connectivity index (χ3v) is 4.55. The van der Waals surface area contributed by atoms with Crippen LogP contribution in [0.1, 0.15) is 28.8 Å². The standard InChI is InChI=1S/C18H20N2S/c1-2-10-19-12-16-13-20-18(21-16)11-15-8-5-7-14-6-3-4-9-17(14)15/h3-9,13,19H,2,10-12H2,1H3. The van der Waals surface area contributed by atoms with Gasteiger partial charge in [0.15, 0.2) is 0 Å². The quantitative estimate of drug-likeness (QED) is 0.683. The summed E-state index contributed by atoms with van der Waals surface area (Å²) in [5.41, 5.74) is 1.36. The fourth-order valence-electron chi connectivity index (χ4n) is 2.51. The number of thiazole rings is 1. The zero-order valence-electron chi connectivity index (χ0n) is 12.3. The van der Waals surface area contributed by atoms with E-state index in [9.17, 15) is 0 Å². The van der Waals surface area contributed by atoms with Gasteiger partial charge in [-0.3, -0.25) is 0 Å². The third kappa shape index (κ3) is 3.49. The molecule has 0 unspecified atom stereocenters. The molecule has 2 aromatic carbocycles. The molecular weight excluding hydrogens is 276 g/mol. The number of fused-ring (bicyclic) bond motifs is 1. The molecule has 3 heteroatoms. The van der Waals surface area contributed by atoms with Crippen LogP contribution in [-0.4, -0.2) is 11.5 Å². The lowest BCUT2D eigenvalue weighted by molar-refractivity contribution is 0.681. The smallest absolute Gasteiger partial charge is 0.0972 e. The van der Waals surface area contributed by atoms with Crippen LogP contribution < -0.4 is 5.32 Å². The SMILES string of the molecule is CCCNCc1cnc(Cc2cccc3ccccc23)s1. The van der Waals surface area contributed by atoms with Gasteiger partial charge in [-0.15, -0.1) is 11.3 Å². The van der Waals surface area contributed by atoms with E-state index in [4.69, 9.17) is 0 Å². The summed E-state index contributed by atoms with van der Waals surface area (Å²) in [6, 6.07) is 15.1. The second-order valence-corrected chi connectivity index (χ2v) is 6.41. The summed E-state index contributed by atoms with van der Waals surface area (Å²) in [5.74, 6) is 0. The largest absolute Gasteiger partial charge is 0.312 e. The molecule has 0 saturated heterocycles. The van der Waals surface area contributed by atoms with E-state index < -0.39 is 0 Å². The van der Waals surface area contributed by atoms with Gasteiger partial charge in [0.25, 0.3) is 0 Å². The van der Waals surface area contributed by atoms with Crippen molar-refractivity contribution in [1.82, 2.24) is 10.3 Å². The third-order valence-electron chi connectivity index (χ3n) is 3.55. The molecule has 0 aliphatic heterocycles. The Hall–Kier alpha value is -1.71. The van der Waals surface area contributed by atoms with Crippen molar-refractivity contribution < 1.29 is 0 Å². The maximum Gasteiger partial charge on any atom is 0.0972 e. The first-order valence-corrected chi connectivity index (χ1v) is 8.29. The summed E-state index contributed by atoms with van der Waals surface area (Å²) < 4.78 is 0. The molecule has 1 heterocycles. The Kier molecular flexibility index (Phi) is 4.63. The fraction of sp³-hybridized carbons (Fsp3) is 0.278. The Labute approximate surface area is 129 Å². The Balaban J connectivity index is 1.76. The van der Waals surface area contributed by atoms with Crippen LogP contribution in [0.4, 0.5) is 0 Å². The van der Waals surface area contributed by atoms with Crippen molar-refractivity contribution in [3.63, 3.8) is 0 Å². The lowest BCUT2D eigenvalue weighted by atomic mass is 10.0. The van der Waals surface area contributed by atoms with E-state index in [1.807, 2.05) is 17.5 Å². The maximum atomic E-state index is 4.58. The number of rotatable bonds is 6. The summed E-state index contributed by atoms with van der Waals surface area (Å²) >= 11 is 1.81. The Morgan fingerprint density at radius 3 is 2.86 bits per heavy atom. The molecule has 0 fully saturated rings. The van der Waals surface area contributed by atoms with Gasteiger partial charge >= 0.3 is 0 Å². The molecular formula is C18H20N2S. The zero-order chi connectivity index (χ0) is 14.5. The van der Waals surface area contributed by atoms with E-state index in [1.165, 1.54) is 32.6 Å². The highest BCUT2D eigenvalue weighted by molar-refractivity contribution is 7.11. The first-order valence-electron chi connectivity index (χ1n) is 7.47.